The summed E-state index contributed by atoms with van der Waals surface area (Å²) in [4.78, 5) is 4.05. The summed E-state index contributed by atoms with van der Waals surface area (Å²) in [6.07, 6.45) is 5.41. The molecule has 1 unspecified atom stereocenters. The van der Waals surface area contributed by atoms with Gasteiger partial charge in [0.2, 0.25) is 0 Å². The molecule has 0 radical (unpaired) electrons. The molecular weight excluding hydrogens is 178 g/mol. The average molecular weight is 191 g/mol. The van der Waals surface area contributed by atoms with E-state index in [9.17, 15) is 0 Å². The summed E-state index contributed by atoms with van der Waals surface area (Å²) < 4.78 is 0. The third-order valence-electron chi connectivity index (χ3n) is 2.44. The number of pyridine rings is 1. The highest BCUT2D eigenvalue weighted by atomic mass is 16.4. The number of hydrogen-bond donors (Lipinski definition) is 2. The van der Waals surface area contributed by atoms with Crippen LogP contribution in [0.3, 0.4) is 0 Å². The van der Waals surface area contributed by atoms with Crippen molar-refractivity contribution in [2.75, 3.05) is 6.54 Å². The summed E-state index contributed by atoms with van der Waals surface area (Å²) in [6.45, 7) is 0.957. The first-order chi connectivity index (χ1) is 6.92. The molecule has 2 heterocycles. The molecule has 1 saturated heterocycles. The molecule has 4 nitrogen and oxygen atoms in total. The molecule has 1 atom stereocenters. The van der Waals surface area contributed by atoms with Gasteiger partial charge in [0.1, 0.15) is 0 Å². The molecule has 2 rings (SSSR count). The zero-order valence-corrected chi connectivity index (χ0v) is 7.85. The Morgan fingerprint density at radius 2 is 2.50 bits per heavy atom. The maximum absolute atomic E-state index is 8.85. The predicted octanol–water partition coefficient (Wildman–Crippen LogP) is 1.34. The fraction of sp³-hybridized carbons (Fsp3) is 0.400. The lowest BCUT2D eigenvalue weighted by Crippen LogP contribution is -2.34. The Kier molecular flexibility index (Phi) is 2.74. The second kappa shape index (κ2) is 4.19. The molecule has 1 aromatic heterocycles. The van der Waals surface area contributed by atoms with Gasteiger partial charge in [-0.3, -0.25) is 4.98 Å². The second-order valence-corrected chi connectivity index (χ2v) is 3.37. The number of oxime groups is 1. The molecule has 1 aliphatic rings. The highest BCUT2D eigenvalue weighted by molar-refractivity contribution is 5.90. The zero-order chi connectivity index (χ0) is 9.80. The molecule has 1 fully saturated rings. The summed E-state index contributed by atoms with van der Waals surface area (Å²) in [5, 5.41) is 15.5. The lowest BCUT2D eigenvalue weighted by atomic mass is 9.97. The van der Waals surface area contributed by atoms with E-state index >= 15 is 0 Å². The fourth-order valence-corrected chi connectivity index (χ4v) is 1.74. The van der Waals surface area contributed by atoms with Gasteiger partial charge in [-0.25, -0.2) is 0 Å². The van der Waals surface area contributed by atoms with Crippen LogP contribution in [-0.4, -0.2) is 22.4 Å². The van der Waals surface area contributed by atoms with E-state index in [4.69, 9.17) is 5.21 Å². The minimum atomic E-state index is 0.0300. The van der Waals surface area contributed by atoms with Gasteiger partial charge in [-0.1, -0.05) is 11.2 Å². The van der Waals surface area contributed by atoms with E-state index in [-0.39, 0.29) is 6.04 Å². The first kappa shape index (κ1) is 9.15. The Balaban J connectivity index is 2.24. The van der Waals surface area contributed by atoms with Gasteiger partial charge in [-0.05, 0) is 31.0 Å². The van der Waals surface area contributed by atoms with Gasteiger partial charge in [0.15, 0.2) is 0 Å². The van der Waals surface area contributed by atoms with Gasteiger partial charge in [0.05, 0.1) is 11.8 Å². The van der Waals surface area contributed by atoms with Crippen LogP contribution < -0.4 is 5.32 Å². The first-order valence-electron chi connectivity index (χ1n) is 4.76. The minimum Gasteiger partial charge on any atom is -0.411 e. The highest BCUT2D eigenvalue weighted by Crippen LogP contribution is 2.19. The van der Waals surface area contributed by atoms with E-state index in [0.29, 0.717) is 0 Å². The van der Waals surface area contributed by atoms with Crippen LogP contribution in [0, 0.1) is 0 Å². The van der Waals surface area contributed by atoms with Gasteiger partial charge in [0, 0.05) is 12.4 Å². The van der Waals surface area contributed by atoms with Gasteiger partial charge in [-0.2, -0.15) is 0 Å². The van der Waals surface area contributed by atoms with Crippen LogP contribution in [0.5, 0.6) is 0 Å². The quantitative estimate of drug-likeness (QED) is 0.520. The summed E-state index contributed by atoms with van der Waals surface area (Å²) in [7, 11) is 0. The van der Waals surface area contributed by atoms with Crippen molar-refractivity contribution in [3.8, 4) is 0 Å². The van der Waals surface area contributed by atoms with E-state index in [1.165, 1.54) is 0 Å². The summed E-state index contributed by atoms with van der Waals surface area (Å²) >= 11 is 0. The normalized spacial score (nSPS) is 25.1. The Labute approximate surface area is 82.7 Å². The summed E-state index contributed by atoms with van der Waals surface area (Å²) in [5.41, 5.74) is 1.85. The maximum Gasteiger partial charge on any atom is 0.0786 e. The minimum absolute atomic E-state index is 0.0300. The SMILES string of the molecule is ON=C1CCCNC1c1cccnc1. The number of aromatic nitrogens is 1. The van der Waals surface area contributed by atoms with Crippen molar-refractivity contribution < 1.29 is 5.21 Å². The number of rotatable bonds is 1. The molecule has 0 aromatic carbocycles. The van der Waals surface area contributed by atoms with E-state index in [2.05, 4.69) is 15.5 Å². The number of nitrogens with zero attached hydrogens (tertiary/aromatic N) is 2. The van der Waals surface area contributed by atoms with Crippen LogP contribution in [-0.2, 0) is 0 Å². The Bertz CT molecular complexity index is 323. The lowest BCUT2D eigenvalue weighted by Gasteiger charge is -2.24. The van der Waals surface area contributed by atoms with Crippen LogP contribution in [0.15, 0.2) is 29.7 Å². The van der Waals surface area contributed by atoms with Crippen molar-refractivity contribution in [1.29, 1.82) is 0 Å². The number of nitrogens with one attached hydrogen (secondary N) is 1. The number of hydrogen-bond acceptors (Lipinski definition) is 4. The Hall–Kier alpha value is -1.42. The Morgan fingerprint density at radius 3 is 3.21 bits per heavy atom. The van der Waals surface area contributed by atoms with Crippen LogP contribution >= 0.6 is 0 Å². The van der Waals surface area contributed by atoms with Crippen molar-refractivity contribution in [2.24, 2.45) is 5.16 Å². The van der Waals surface area contributed by atoms with Crippen molar-refractivity contribution >= 4 is 5.71 Å². The van der Waals surface area contributed by atoms with E-state index in [1.54, 1.807) is 12.4 Å². The molecule has 0 aliphatic carbocycles. The van der Waals surface area contributed by atoms with Gasteiger partial charge in [-0.15, -0.1) is 0 Å². The van der Waals surface area contributed by atoms with Crippen molar-refractivity contribution in [1.82, 2.24) is 10.3 Å². The third kappa shape index (κ3) is 1.75. The fourth-order valence-electron chi connectivity index (χ4n) is 1.74. The van der Waals surface area contributed by atoms with Gasteiger partial charge in [0.25, 0.3) is 0 Å². The largest absolute Gasteiger partial charge is 0.411 e. The van der Waals surface area contributed by atoms with Crippen molar-refractivity contribution in [3.05, 3.63) is 30.1 Å². The smallest absolute Gasteiger partial charge is 0.0786 e. The molecule has 1 aromatic rings. The van der Waals surface area contributed by atoms with E-state index in [1.807, 2.05) is 12.1 Å². The summed E-state index contributed by atoms with van der Waals surface area (Å²) in [5.74, 6) is 0. The standard InChI is InChI=1S/C10H13N3O/c14-13-9-4-2-6-12-10(9)8-3-1-5-11-7-8/h1,3,5,7,10,12,14H,2,4,6H2. The van der Waals surface area contributed by atoms with E-state index < -0.39 is 0 Å². The average Bonchev–Trinajstić information content (AvgIpc) is 2.30. The topological polar surface area (TPSA) is 57.5 Å². The van der Waals surface area contributed by atoms with Crippen LogP contribution in [0.4, 0.5) is 0 Å². The van der Waals surface area contributed by atoms with Crippen LogP contribution in [0.2, 0.25) is 0 Å². The first-order valence-corrected chi connectivity index (χ1v) is 4.76. The zero-order valence-electron chi connectivity index (χ0n) is 7.85. The monoisotopic (exact) mass is 191 g/mol. The molecule has 2 N–H and O–H groups in total. The van der Waals surface area contributed by atoms with Crippen LogP contribution in [0.25, 0.3) is 0 Å². The molecule has 0 saturated carbocycles. The molecule has 0 bridgehead atoms. The molecule has 14 heavy (non-hydrogen) atoms. The molecule has 4 heteroatoms. The van der Waals surface area contributed by atoms with Crippen molar-refractivity contribution in [2.45, 2.75) is 18.9 Å². The molecule has 74 valence electrons. The molecular formula is C10H13N3O. The van der Waals surface area contributed by atoms with Gasteiger partial charge < -0.3 is 10.5 Å². The predicted molar refractivity (Wildman–Crippen MR) is 53.4 cm³/mol. The van der Waals surface area contributed by atoms with E-state index in [0.717, 1.165) is 30.7 Å². The molecule has 0 amide bonds. The third-order valence-corrected chi connectivity index (χ3v) is 2.44. The number of piperidine rings is 1. The van der Waals surface area contributed by atoms with Gasteiger partial charge >= 0.3 is 0 Å². The second-order valence-electron chi connectivity index (χ2n) is 3.37. The summed E-state index contributed by atoms with van der Waals surface area (Å²) in [6, 6.07) is 3.91. The molecule has 1 aliphatic heterocycles. The lowest BCUT2D eigenvalue weighted by molar-refractivity contribution is 0.311. The maximum atomic E-state index is 8.85. The van der Waals surface area contributed by atoms with Crippen molar-refractivity contribution in [3.63, 3.8) is 0 Å². The van der Waals surface area contributed by atoms with Crippen LogP contribution in [0.1, 0.15) is 24.4 Å². The molecule has 0 spiro atoms. The Morgan fingerprint density at radius 1 is 1.57 bits per heavy atom. The highest BCUT2D eigenvalue weighted by Gasteiger charge is 2.21.